The van der Waals surface area contributed by atoms with Crippen LogP contribution in [-0.2, 0) is 14.8 Å². The maximum absolute atomic E-state index is 12.4. The van der Waals surface area contributed by atoms with Crippen LogP contribution in [-0.4, -0.2) is 44.4 Å². The standard InChI is InChI=1S/C18H22N4O4S/c1-4-26-17-9-7-16(8-10-17)22(27(3,24)25)14(2)18(23)21-20-13-15-6-5-11-19-12-15/h5-14H,4H2,1-3H3,(H,21,23)/b20-13-/t14-/m0/s1. The number of pyridine rings is 1. The van der Waals surface area contributed by atoms with Crippen LogP contribution in [0.25, 0.3) is 0 Å². The molecule has 2 aromatic rings. The number of benzene rings is 1. The minimum atomic E-state index is -3.69. The lowest BCUT2D eigenvalue weighted by molar-refractivity contribution is -0.121. The van der Waals surface area contributed by atoms with Gasteiger partial charge in [0.25, 0.3) is 5.91 Å². The third kappa shape index (κ3) is 5.78. The van der Waals surface area contributed by atoms with Gasteiger partial charge >= 0.3 is 0 Å². The Labute approximate surface area is 158 Å². The number of nitrogens with zero attached hydrogens (tertiary/aromatic N) is 3. The van der Waals surface area contributed by atoms with Gasteiger partial charge in [-0.25, -0.2) is 13.8 Å². The fourth-order valence-electron chi connectivity index (χ4n) is 2.38. The van der Waals surface area contributed by atoms with Crippen LogP contribution >= 0.6 is 0 Å². The van der Waals surface area contributed by atoms with Crippen molar-refractivity contribution in [2.45, 2.75) is 19.9 Å². The van der Waals surface area contributed by atoms with Crippen molar-refractivity contribution in [1.82, 2.24) is 10.4 Å². The summed E-state index contributed by atoms with van der Waals surface area (Å²) >= 11 is 0. The van der Waals surface area contributed by atoms with Crippen molar-refractivity contribution >= 4 is 27.8 Å². The van der Waals surface area contributed by atoms with Crippen molar-refractivity contribution in [2.24, 2.45) is 5.10 Å². The van der Waals surface area contributed by atoms with Crippen LogP contribution in [0.4, 0.5) is 5.69 Å². The van der Waals surface area contributed by atoms with Crippen LogP contribution in [0.5, 0.6) is 5.75 Å². The van der Waals surface area contributed by atoms with Crippen molar-refractivity contribution in [3.63, 3.8) is 0 Å². The van der Waals surface area contributed by atoms with E-state index in [0.29, 0.717) is 23.6 Å². The van der Waals surface area contributed by atoms with E-state index < -0.39 is 22.0 Å². The van der Waals surface area contributed by atoms with Crippen LogP contribution in [0.2, 0.25) is 0 Å². The molecule has 0 unspecified atom stereocenters. The molecule has 9 heteroatoms. The molecule has 0 aliphatic rings. The summed E-state index contributed by atoms with van der Waals surface area (Å²) in [5, 5.41) is 3.85. The van der Waals surface area contributed by atoms with Crippen molar-refractivity contribution in [1.29, 1.82) is 0 Å². The summed E-state index contributed by atoms with van der Waals surface area (Å²) in [6.07, 6.45) is 5.69. The molecule has 1 aromatic carbocycles. The first-order chi connectivity index (χ1) is 12.8. The smallest absolute Gasteiger partial charge is 0.263 e. The van der Waals surface area contributed by atoms with Gasteiger partial charge in [0.2, 0.25) is 10.0 Å². The minimum absolute atomic E-state index is 0.361. The second kappa shape index (κ2) is 9.13. The molecule has 1 N–H and O–H groups in total. The molecular formula is C18H22N4O4S. The molecule has 144 valence electrons. The molecule has 0 saturated carbocycles. The third-order valence-electron chi connectivity index (χ3n) is 3.56. The fraction of sp³-hybridized carbons (Fsp3) is 0.278. The van der Waals surface area contributed by atoms with Gasteiger partial charge in [-0.05, 0) is 44.2 Å². The number of sulfonamides is 1. The summed E-state index contributed by atoms with van der Waals surface area (Å²) in [4.78, 5) is 16.3. The summed E-state index contributed by atoms with van der Waals surface area (Å²) in [5.41, 5.74) is 3.42. The maximum atomic E-state index is 12.4. The number of amides is 1. The van der Waals surface area contributed by atoms with E-state index in [4.69, 9.17) is 4.74 Å². The van der Waals surface area contributed by atoms with Crippen molar-refractivity contribution in [3.8, 4) is 5.75 Å². The molecule has 0 saturated heterocycles. The van der Waals surface area contributed by atoms with E-state index in [1.54, 1.807) is 48.8 Å². The first-order valence-corrected chi connectivity index (χ1v) is 10.1. The maximum Gasteiger partial charge on any atom is 0.263 e. The number of aromatic nitrogens is 1. The van der Waals surface area contributed by atoms with E-state index in [1.807, 2.05) is 6.92 Å². The van der Waals surface area contributed by atoms with E-state index in [9.17, 15) is 13.2 Å². The monoisotopic (exact) mass is 390 g/mol. The Bertz CT molecular complexity index is 883. The zero-order valence-corrected chi connectivity index (χ0v) is 16.2. The highest BCUT2D eigenvalue weighted by Gasteiger charge is 2.29. The Morgan fingerprint density at radius 1 is 1.33 bits per heavy atom. The van der Waals surface area contributed by atoms with Gasteiger partial charge in [0.15, 0.2) is 0 Å². The summed E-state index contributed by atoms with van der Waals surface area (Å²) in [5.74, 6) is 0.0577. The SMILES string of the molecule is CCOc1ccc(N([C@@H](C)C(=O)N/N=C\c2cccnc2)S(C)(=O)=O)cc1. The Balaban J connectivity index is 2.15. The lowest BCUT2D eigenvalue weighted by Gasteiger charge is -2.27. The van der Waals surface area contributed by atoms with Gasteiger partial charge in [-0.3, -0.25) is 14.1 Å². The molecule has 1 amide bonds. The van der Waals surface area contributed by atoms with Gasteiger partial charge in [0.05, 0.1) is 24.8 Å². The average Bonchev–Trinajstić information content (AvgIpc) is 2.63. The van der Waals surface area contributed by atoms with Crippen LogP contribution < -0.4 is 14.5 Å². The second-order valence-electron chi connectivity index (χ2n) is 5.68. The Hall–Kier alpha value is -2.94. The lowest BCUT2D eigenvalue weighted by atomic mass is 10.2. The zero-order chi connectivity index (χ0) is 19.9. The quantitative estimate of drug-likeness (QED) is 0.547. The average molecular weight is 390 g/mol. The third-order valence-corrected chi connectivity index (χ3v) is 4.81. The molecule has 0 radical (unpaired) electrons. The molecule has 8 nitrogen and oxygen atoms in total. The normalized spacial score (nSPS) is 12.6. The largest absolute Gasteiger partial charge is 0.494 e. The van der Waals surface area contributed by atoms with Crippen molar-refractivity contribution < 1.29 is 17.9 Å². The number of hydrogen-bond acceptors (Lipinski definition) is 6. The predicted molar refractivity (Wildman–Crippen MR) is 104 cm³/mol. The summed E-state index contributed by atoms with van der Waals surface area (Å²) in [6.45, 7) is 3.85. The minimum Gasteiger partial charge on any atom is -0.494 e. The van der Waals surface area contributed by atoms with E-state index in [1.165, 1.54) is 13.1 Å². The highest BCUT2D eigenvalue weighted by Crippen LogP contribution is 2.24. The first kappa shape index (κ1) is 20.4. The topological polar surface area (TPSA) is 101 Å². The highest BCUT2D eigenvalue weighted by molar-refractivity contribution is 7.92. The first-order valence-electron chi connectivity index (χ1n) is 8.28. The molecule has 1 aromatic heterocycles. The summed E-state index contributed by atoms with van der Waals surface area (Å²) < 4.78 is 30.9. The van der Waals surface area contributed by atoms with Gasteiger partial charge in [-0.15, -0.1) is 0 Å². The van der Waals surface area contributed by atoms with Crippen LogP contribution in [0.3, 0.4) is 0 Å². The number of hydrazone groups is 1. The van der Waals surface area contributed by atoms with E-state index in [0.717, 1.165) is 10.6 Å². The molecule has 27 heavy (non-hydrogen) atoms. The molecule has 0 bridgehead atoms. The van der Waals surface area contributed by atoms with Gasteiger partial charge in [-0.1, -0.05) is 6.07 Å². The Morgan fingerprint density at radius 3 is 2.59 bits per heavy atom. The molecule has 2 rings (SSSR count). The van der Waals surface area contributed by atoms with Gasteiger partial charge in [0.1, 0.15) is 11.8 Å². The Morgan fingerprint density at radius 2 is 2.04 bits per heavy atom. The predicted octanol–water partition coefficient (Wildman–Crippen LogP) is 1.79. The molecule has 0 aliphatic heterocycles. The number of rotatable bonds is 8. The van der Waals surface area contributed by atoms with E-state index >= 15 is 0 Å². The number of hydrogen-bond donors (Lipinski definition) is 1. The molecular weight excluding hydrogens is 368 g/mol. The molecule has 0 fully saturated rings. The van der Waals surface area contributed by atoms with Crippen LogP contribution in [0, 0.1) is 0 Å². The van der Waals surface area contributed by atoms with E-state index in [2.05, 4.69) is 15.5 Å². The molecule has 0 aliphatic carbocycles. The van der Waals surface area contributed by atoms with Crippen molar-refractivity contribution in [3.05, 3.63) is 54.4 Å². The fourth-order valence-corrected chi connectivity index (χ4v) is 3.56. The number of carbonyl (C=O) groups excluding carboxylic acids is 1. The lowest BCUT2D eigenvalue weighted by Crippen LogP contribution is -2.46. The van der Waals surface area contributed by atoms with Crippen LogP contribution in [0.15, 0.2) is 53.9 Å². The zero-order valence-electron chi connectivity index (χ0n) is 15.4. The summed E-state index contributed by atoms with van der Waals surface area (Å²) in [7, 11) is -3.69. The number of carbonyl (C=O) groups is 1. The number of nitrogens with one attached hydrogen (secondary N) is 1. The van der Waals surface area contributed by atoms with Gasteiger partial charge < -0.3 is 4.74 Å². The molecule has 1 heterocycles. The molecule has 0 spiro atoms. The number of anilines is 1. The van der Waals surface area contributed by atoms with Crippen LogP contribution in [0.1, 0.15) is 19.4 Å². The molecule has 1 atom stereocenters. The van der Waals surface area contributed by atoms with Gasteiger partial charge in [0, 0.05) is 18.0 Å². The second-order valence-corrected chi connectivity index (χ2v) is 7.54. The highest BCUT2D eigenvalue weighted by atomic mass is 32.2. The van der Waals surface area contributed by atoms with E-state index in [-0.39, 0.29) is 0 Å². The summed E-state index contributed by atoms with van der Waals surface area (Å²) in [6, 6.07) is 9.01. The van der Waals surface area contributed by atoms with Crippen molar-refractivity contribution in [2.75, 3.05) is 17.2 Å². The number of ether oxygens (including phenoxy) is 1. The van der Waals surface area contributed by atoms with Gasteiger partial charge in [-0.2, -0.15) is 5.10 Å². The Kier molecular flexibility index (Phi) is 6.89.